The summed E-state index contributed by atoms with van der Waals surface area (Å²) in [7, 11) is 1.61. The Kier molecular flexibility index (Phi) is 11.1. The molecule has 0 radical (unpaired) electrons. The van der Waals surface area contributed by atoms with E-state index in [2.05, 4.69) is 4.90 Å². The minimum Gasteiger partial charge on any atom is -0.496 e. The Morgan fingerprint density at radius 3 is 2.24 bits per heavy atom. The minimum absolute atomic E-state index is 0.0157. The van der Waals surface area contributed by atoms with Gasteiger partial charge in [0.1, 0.15) is 23.8 Å². The Bertz CT molecular complexity index is 1980. The number of piperazine rings is 1. The third kappa shape index (κ3) is 8.30. The maximum atomic E-state index is 13.9. The number of aryl methyl sites for hydroxylation is 2. The van der Waals surface area contributed by atoms with Crippen LogP contribution in [-0.2, 0) is 16.2 Å². The fraction of sp³-hybridized carbons (Fsp3) is 0.250. The van der Waals surface area contributed by atoms with E-state index in [9.17, 15) is 14.4 Å². The van der Waals surface area contributed by atoms with Crippen LogP contribution < -0.4 is 19.3 Å². The van der Waals surface area contributed by atoms with Crippen molar-refractivity contribution < 1.29 is 23.9 Å². The Labute approximate surface area is 307 Å². The number of amides is 2. The molecule has 9 nitrogen and oxygen atoms in total. The maximum absolute atomic E-state index is 13.9. The summed E-state index contributed by atoms with van der Waals surface area (Å²) in [5, 5.41) is 1.16. The van der Waals surface area contributed by atoms with Crippen molar-refractivity contribution in [2.75, 3.05) is 48.8 Å². The first-order valence-electron chi connectivity index (χ1n) is 16.6. The first kappa shape index (κ1) is 35.8. The van der Waals surface area contributed by atoms with Crippen LogP contribution in [0.5, 0.6) is 11.5 Å². The van der Waals surface area contributed by atoms with Gasteiger partial charge < -0.3 is 19.3 Å². The Balaban J connectivity index is 1.16. The van der Waals surface area contributed by atoms with Gasteiger partial charge >= 0.3 is 0 Å². The smallest absolute Gasteiger partial charge is 0.283 e. The van der Waals surface area contributed by atoms with Gasteiger partial charge in [0, 0.05) is 48.0 Å². The summed E-state index contributed by atoms with van der Waals surface area (Å²) in [5.41, 5.74) is 6.08. The molecule has 0 atom stereocenters. The summed E-state index contributed by atoms with van der Waals surface area (Å²) < 4.78 is 11.7. The Morgan fingerprint density at radius 2 is 1.59 bits per heavy atom. The molecule has 1 fully saturated rings. The van der Waals surface area contributed by atoms with Crippen molar-refractivity contribution >= 4 is 63.6 Å². The molecule has 0 N–H and O–H groups in total. The number of benzene rings is 4. The van der Waals surface area contributed by atoms with E-state index in [0.29, 0.717) is 54.1 Å². The van der Waals surface area contributed by atoms with E-state index in [4.69, 9.17) is 26.1 Å². The molecule has 2 aliphatic rings. The lowest BCUT2D eigenvalue weighted by atomic mass is 10.1. The molecule has 0 bridgehead atoms. The number of halogens is 1. The zero-order valence-electron chi connectivity index (χ0n) is 29.0. The zero-order chi connectivity index (χ0) is 36.1. The van der Waals surface area contributed by atoms with Gasteiger partial charge in [-0.25, -0.2) is 4.99 Å². The monoisotopic (exact) mass is 722 g/mol. The van der Waals surface area contributed by atoms with Gasteiger partial charge in [0.15, 0.2) is 11.0 Å². The number of para-hydroxylation sites is 1. The molecule has 2 amide bonds. The van der Waals surface area contributed by atoms with Crippen LogP contribution >= 0.6 is 23.4 Å². The molecule has 0 saturated carbocycles. The third-order valence-corrected chi connectivity index (χ3v) is 10.4. The molecule has 0 unspecified atom stereocenters. The largest absolute Gasteiger partial charge is 0.496 e. The van der Waals surface area contributed by atoms with E-state index in [1.165, 1.54) is 11.8 Å². The van der Waals surface area contributed by atoms with Crippen LogP contribution in [0.4, 0.5) is 11.4 Å². The summed E-state index contributed by atoms with van der Waals surface area (Å²) in [6, 6.07) is 26.3. The van der Waals surface area contributed by atoms with E-state index in [1.54, 1.807) is 25.0 Å². The number of aliphatic imine (C=N–C) groups is 1. The number of nitrogens with zero attached hydrogens (tertiary/aromatic N) is 4. The fourth-order valence-electron chi connectivity index (χ4n) is 6.05. The highest BCUT2D eigenvalue weighted by Crippen LogP contribution is 2.32. The van der Waals surface area contributed by atoms with Crippen molar-refractivity contribution in [3.63, 3.8) is 0 Å². The topological polar surface area (TPSA) is 91.8 Å². The van der Waals surface area contributed by atoms with Crippen LogP contribution in [0.25, 0.3) is 6.08 Å². The summed E-state index contributed by atoms with van der Waals surface area (Å²) >= 11 is 7.59. The number of amidine groups is 1. The van der Waals surface area contributed by atoms with Gasteiger partial charge in [0.25, 0.3) is 5.91 Å². The summed E-state index contributed by atoms with van der Waals surface area (Å²) in [5.74, 6) is 1.25. The standard InChI is InChI=1S/C40H39ClN4O5S/c1-26-20-34(21-27(2)38(26)41)50-24-31-22-29(10-15-36(31)49-4)23-35-39(48)45(33-8-6-5-7-9-33)40(42-35)51-25-37(47)44-18-16-43(17-19-44)32-13-11-30(12-14-32)28(3)46/h5-15,20-23H,16-19,24-25H2,1-4H3/b35-23+. The Hall–Kier alpha value is -5.06. The van der Waals surface area contributed by atoms with E-state index in [-0.39, 0.29) is 35.7 Å². The van der Waals surface area contributed by atoms with E-state index in [1.807, 2.05) is 104 Å². The minimum atomic E-state index is -0.277. The molecule has 11 heteroatoms. The lowest BCUT2D eigenvalue weighted by molar-refractivity contribution is -0.128. The van der Waals surface area contributed by atoms with Crippen molar-refractivity contribution in [1.82, 2.24) is 4.90 Å². The quantitative estimate of drug-likeness (QED) is 0.123. The molecule has 4 aromatic rings. The Morgan fingerprint density at radius 1 is 0.902 bits per heavy atom. The highest BCUT2D eigenvalue weighted by Gasteiger charge is 2.33. The molecule has 4 aromatic carbocycles. The van der Waals surface area contributed by atoms with E-state index >= 15 is 0 Å². The number of carbonyl (C=O) groups excluding carboxylic acids is 3. The van der Waals surface area contributed by atoms with E-state index < -0.39 is 0 Å². The predicted molar refractivity (Wildman–Crippen MR) is 205 cm³/mol. The summed E-state index contributed by atoms with van der Waals surface area (Å²) in [4.78, 5) is 49.2. The van der Waals surface area contributed by atoms with Crippen molar-refractivity contribution in [2.24, 2.45) is 4.99 Å². The number of hydrogen-bond donors (Lipinski definition) is 0. The van der Waals surface area contributed by atoms with Crippen molar-refractivity contribution in [2.45, 2.75) is 27.4 Å². The SMILES string of the molecule is COc1ccc(/C=C2/N=C(SCC(=O)N3CCN(c4ccc(C(C)=O)cc4)CC3)N(c3ccccc3)C2=O)cc1COc1cc(C)c(Cl)c(C)c1. The van der Waals surface area contributed by atoms with Crippen molar-refractivity contribution in [3.05, 3.63) is 123 Å². The maximum Gasteiger partial charge on any atom is 0.283 e. The number of ketones is 1. The molecule has 0 aromatic heterocycles. The van der Waals surface area contributed by atoms with Gasteiger partial charge in [-0.1, -0.05) is 47.6 Å². The first-order valence-corrected chi connectivity index (χ1v) is 18.0. The van der Waals surface area contributed by atoms with E-state index in [0.717, 1.165) is 33.0 Å². The lowest BCUT2D eigenvalue weighted by Crippen LogP contribution is -2.49. The van der Waals surface area contributed by atoms with Gasteiger partial charge in [-0.2, -0.15) is 0 Å². The second-order valence-corrected chi connectivity index (χ2v) is 13.7. The average Bonchev–Trinajstić information content (AvgIpc) is 3.46. The van der Waals surface area contributed by atoms with Crippen LogP contribution in [0.15, 0.2) is 95.6 Å². The number of rotatable bonds is 10. The van der Waals surface area contributed by atoms with Crippen LogP contribution in [-0.4, -0.2) is 66.7 Å². The number of hydrogen-bond acceptors (Lipinski definition) is 8. The molecule has 51 heavy (non-hydrogen) atoms. The fourth-order valence-corrected chi connectivity index (χ4v) is 7.07. The molecule has 2 heterocycles. The highest BCUT2D eigenvalue weighted by molar-refractivity contribution is 8.14. The van der Waals surface area contributed by atoms with Crippen LogP contribution in [0.1, 0.15) is 39.5 Å². The molecule has 0 spiro atoms. The van der Waals surface area contributed by atoms with Crippen LogP contribution in [0.2, 0.25) is 5.02 Å². The normalized spacial score (nSPS) is 15.3. The highest BCUT2D eigenvalue weighted by atomic mass is 35.5. The summed E-state index contributed by atoms with van der Waals surface area (Å²) in [6.45, 7) is 8.21. The lowest BCUT2D eigenvalue weighted by Gasteiger charge is -2.36. The number of methoxy groups -OCH3 is 1. The van der Waals surface area contributed by atoms with Crippen LogP contribution in [0, 0.1) is 13.8 Å². The predicted octanol–water partition coefficient (Wildman–Crippen LogP) is 7.57. The first-order chi connectivity index (χ1) is 24.6. The molecule has 1 saturated heterocycles. The molecular formula is C40H39ClN4O5S. The molecule has 6 rings (SSSR count). The van der Waals surface area contributed by atoms with Gasteiger partial charge in [-0.05, 0) is 104 Å². The van der Waals surface area contributed by atoms with Gasteiger partial charge in [0.2, 0.25) is 5.91 Å². The number of carbonyl (C=O) groups is 3. The number of thioether (sulfide) groups is 1. The number of ether oxygens (including phenoxy) is 2. The second-order valence-electron chi connectivity index (χ2n) is 12.4. The molecule has 0 aliphatic carbocycles. The van der Waals surface area contributed by atoms with Gasteiger partial charge in [-0.3, -0.25) is 19.3 Å². The molecule has 262 valence electrons. The number of Topliss-reactive ketones (excluding diaryl/α,β-unsaturated/α-hetero) is 1. The van der Waals surface area contributed by atoms with Gasteiger partial charge in [0.05, 0.1) is 18.6 Å². The average molecular weight is 723 g/mol. The molecular weight excluding hydrogens is 684 g/mol. The van der Waals surface area contributed by atoms with Gasteiger partial charge in [-0.15, -0.1) is 0 Å². The molecule has 2 aliphatic heterocycles. The van der Waals surface area contributed by atoms with Crippen molar-refractivity contribution in [1.29, 1.82) is 0 Å². The van der Waals surface area contributed by atoms with Crippen molar-refractivity contribution in [3.8, 4) is 11.5 Å². The second kappa shape index (κ2) is 15.9. The van der Waals surface area contributed by atoms with Crippen LogP contribution in [0.3, 0.4) is 0 Å². The summed E-state index contributed by atoms with van der Waals surface area (Å²) in [6.07, 6.45) is 1.75. The zero-order valence-corrected chi connectivity index (χ0v) is 30.6. The third-order valence-electron chi connectivity index (χ3n) is 8.85. The number of anilines is 2.